The minimum Gasteiger partial charge on any atom is -0.478 e. The van der Waals surface area contributed by atoms with Crippen LogP contribution in [0.15, 0.2) is 36.4 Å². The monoisotopic (exact) mass is 322 g/mol. The Bertz CT molecular complexity index is 592. The lowest BCUT2D eigenvalue weighted by Gasteiger charge is -2.08. The van der Waals surface area contributed by atoms with E-state index in [0.717, 1.165) is 0 Å². The molecule has 0 aliphatic heterocycles. The number of carboxylic acid groups (broad SMARTS) is 1. The van der Waals surface area contributed by atoms with Crippen LogP contribution in [0.4, 0.5) is 0 Å². The predicted octanol–water partition coefficient (Wildman–Crippen LogP) is 1.68. The summed E-state index contributed by atoms with van der Waals surface area (Å²) in [6.07, 6.45) is 0. The smallest absolute Gasteiger partial charge is 0.339 e. The number of hydrogen-bond donors (Lipinski definition) is 1. The molecule has 0 radical (unpaired) electrons. The Labute approximate surface area is 133 Å². The lowest BCUT2D eigenvalue weighted by Crippen LogP contribution is -2.16. The molecule has 0 atom stereocenters. The van der Waals surface area contributed by atoms with Gasteiger partial charge in [-0.05, 0) is 19.1 Å². The molecule has 0 heterocycles. The molecule has 1 aromatic carbocycles. The maximum atomic E-state index is 11.8. The van der Waals surface area contributed by atoms with Gasteiger partial charge in [-0.15, -0.1) is 0 Å². The predicted molar refractivity (Wildman–Crippen MR) is 80.3 cm³/mol. The second kappa shape index (κ2) is 9.37. The average molecular weight is 322 g/mol. The number of carbonyl (C=O) groups excluding carboxylic acids is 2. The summed E-state index contributed by atoms with van der Waals surface area (Å²) in [5, 5.41) is 8.99. The summed E-state index contributed by atoms with van der Waals surface area (Å²) < 4.78 is 14.9. The van der Waals surface area contributed by atoms with Crippen LogP contribution >= 0.6 is 0 Å². The summed E-state index contributed by atoms with van der Waals surface area (Å²) in [4.78, 5) is 33.9. The largest absolute Gasteiger partial charge is 0.478 e. The number of hydrogen-bond acceptors (Lipinski definition) is 6. The molecule has 23 heavy (non-hydrogen) atoms. The van der Waals surface area contributed by atoms with E-state index in [1.807, 2.05) is 0 Å². The molecule has 0 aliphatic carbocycles. The number of aromatic carboxylic acids is 1. The fourth-order valence-electron chi connectivity index (χ4n) is 1.54. The van der Waals surface area contributed by atoms with E-state index in [9.17, 15) is 14.4 Å². The van der Waals surface area contributed by atoms with Crippen LogP contribution in [0.5, 0.6) is 0 Å². The Kier molecular flexibility index (Phi) is 7.49. The van der Waals surface area contributed by atoms with Crippen LogP contribution in [0.1, 0.15) is 27.6 Å². The van der Waals surface area contributed by atoms with Gasteiger partial charge in [-0.3, -0.25) is 0 Å². The molecule has 124 valence electrons. The van der Waals surface area contributed by atoms with Crippen molar-refractivity contribution in [2.45, 2.75) is 6.92 Å². The number of esters is 2. The van der Waals surface area contributed by atoms with Crippen LogP contribution in [-0.2, 0) is 19.0 Å². The van der Waals surface area contributed by atoms with E-state index in [0.29, 0.717) is 5.57 Å². The molecule has 1 N–H and O–H groups in total. The van der Waals surface area contributed by atoms with Crippen LogP contribution < -0.4 is 0 Å². The van der Waals surface area contributed by atoms with Crippen molar-refractivity contribution in [3.8, 4) is 0 Å². The van der Waals surface area contributed by atoms with Gasteiger partial charge in [-0.1, -0.05) is 18.7 Å². The molecule has 0 saturated heterocycles. The highest BCUT2D eigenvalue weighted by Gasteiger charge is 2.16. The zero-order chi connectivity index (χ0) is 17.2. The summed E-state index contributed by atoms with van der Waals surface area (Å²) in [6, 6.07) is 5.78. The molecule has 0 aliphatic rings. The summed E-state index contributed by atoms with van der Waals surface area (Å²) in [5.74, 6) is -2.43. The average Bonchev–Trinajstić information content (AvgIpc) is 2.53. The zero-order valence-electron chi connectivity index (χ0n) is 12.7. The van der Waals surface area contributed by atoms with Crippen molar-refractivity contribution in [2.24, 2.45) is 0 Å². The van der Waals surface area contributed by atoms with E-state index in [1.165, 1.54) is 25.1 Å². The molecule has 0 unspecified atom stereocenters. The van der Waals surface area contributed by atoms with Gasteiger partial charge in [-0.2, -0.15) is 0 Å². The van der Waals surface area contributed by atoms with Gasteiger partial charge in [0.15, 0.2) is 0 Å². The van der Waals surface area contributed by atoms with Gasteiger partial charge >= 0.3 is 17.9 Å². The lowest BCUT2D eigenvalue weighted by molar-refractivity contribution is -0.140. The fraction of sp³-hybridized carbons (Fsp3) is 0.312. The minimum atomic E-state index is -1.20. The van der Waals surface area contributed by atoms with Crippen molar-refractivity contribution in [1.82, 2.24) is 0 Å². The van der Waals surface area contributed by atoms with Gasteiger partial charge in [0.1, 0.15) is 13.2 Å². The van der Waals surface area contributed by atoms with Gasteiger partial charge in [0.25, 0.3) is 0 Å². The van der Waals surface area contributed by atoms with Crippen LogP contribution in [0, 0.1) is 0 Å². The molecule has 0 spiro atoms. The van der Waals surface area contributed by atoms with E-state index < -0.39 is 17.9 Å². The summed E-state index contributed by atoms with van der Waals surface area (Å²) in [6.45, 7) is 5.26. The van der Waals surface area contributed by atoms with Crippen molar-refractivity contribution >= 4 is 17.9 Å². The molecule has 7 heteroatoms. The van der Waals surface area contributed by atoms with Crippen molar-refractivity contribution in [1.29, 1.82) is 0 Å². The first-order valence-electron chi connectivity index (χ1n) is 6.83. The second-order valence-corrected chi connectivity index (χ2v) is 4.52. The molecule has 0 bridgehead atoms. The van der Waals surface area contributed by atoms with Crippen molar-refractivity contribution in [3.63, 3.8) is 0 Å². The van der Waals surface area contributed by atoms with Gasteiger partial charge < -0.3 is 19.3 Å². The third kappa shape index (κ3) is 6.31. The summed E-state index contributed by atoms with van der Waals surface area (Å²) >= 11 is 0. The topological polar surface area (TPSA) is 99.1 Å². The number of carbonyl (C=O) groups is 3. The van der Waals surface area contributed by atoms with Crippen LogP contribution in [0.3, 0.4) is 0 Å². The molecule has 1 aromatic rings. The zero-order valence-corrected chi connectivity index (χ0v) is 12.7. The van der Waals surface area contributed by atoms with Crippen molar-refractivity contribution in [2.75, 3.05) is 26.4 Å². The van der Waals surface area contributed by atoms with Gasteiger partial charge in [0.2, 0.25) is 0 Å². The first-order valence-corrected chi connectivity index (χ1v) is 6.83. The fourth-order valence-corrected chi connectivity index (χ4v) is 1.54. The SMILES string of the molecule is C=C(C)C(=O)OCCOCCOC(=O)c1ccccc1C(=O)O. The first kappa shape index (κ1) is 18.4. The van der Waals surface area contributed by atoms with Gasteiger partial charge in [0.05, 0.1) is 24.3 Å². The van der Waals surface area contributed by atoms with Crippen LogP contribution in [0.25, 0.3) is 0 Å². The maximum absolute atomic E-state index is 11.8. The molecular weight excluding hydrogens is 304 g/mol. The van der Waals surface area contributed by atoms with Gasteiger partial charge in [-0.25, -0.2) is 14.4 Å². The molecule has 0 amide bonds. The number of rotatable bonds is 9. The summed E-state index contributed by atoms with van der Waals surface area (Å²) in [5.41, 5.74) is 0.163. The Morgan fingerprint density at radius 3 is 2.13 bits per heavy atom. The van der Waals surface area contributed by atoms with Crippen molar-refractivity contribution in [3.05, 3.63) is 47.5 Å². The third-order valence-corrected chi connectivity index (χ3v) is 2.65. The molecular formula is C16H18O7. The van der Waals surface area contributed by atoms with E-state index in [-0.39, 0.29) is 37.6 Å². The first-order chi connectivity index (χ1) is 10.9. The molecule has 1 rings (SSSR count). The van der Waals surface area contributed by atoms with Crippen LogP contribution in [-0.4, -0.2) is 49.4 Å². The van der Waals surface area contributed by atoms with Crippen LogP contribution in [0.2, 0.25) is 0 Å². The number of carboxylic acids is 1. The van der Waals surface area contributed by atoms with E-state index >= 15 is 0 Å². The third-order valence-electron chi connectivity index (χ3n) is 2.65. The highest BCUT2D eigenvalue weighted by atomic mass is 16.6. The van der Waals surface area contributed by atoms with E-state index in [4.69, 9.17) is 19.3 Å². The van der Waals surface area contributed by atoms with E-state index in [2.05, 4.69) is 6.58 Å². The normalized spacial score (nSPS) is 9.96. The maximum Gasteiger partial charge on any atom is 0.339 e. The summed E-state index contributed by atoms with van der Waals surface area (Å²) in [7, 11) is 0. The molecule has 0 fully saturated rings. The molecule has 0 saturated carbocycles. The highest BCUT2D eigenvalue weighted by molar-refractivity contribution is 6.02. The standard InChI is InChI=1S/C16H18O7/c1-11(2)15(19)22-9-7-21-8-10-23-16(20)13-6-4-3-5-12(13)14(17)18/h3-6H,1,7-10H2,2H3,(H,17,18). The van der Waals surface area contributed by atoms with Gasteiger partial charge in [0, 0.05) is 5.57 Å². The quantitative estimate of drug-likeness (QED) is 0.419. The second-order valence-electron chi connectivity index (χ2n) is 4.52. The molecule has 7 nitrogen and oxygen atoms in total. The minimum absolute atomic E-state index is 0.0182. The van der Waals surface area contributed by atoms with E-state index in [1.54, 1.807) is 6.07 Å². The Morgan fingerprint density at radius 2 is 1.57 bits per heavy atom. The Morgan fingerprint density at radius 1 is 1.00 bits per heavy atom. The number of benzene rings is 1. The number of ether oxygens (including phenoxy) is 3. The Balaban J connectivity index is 2.26. The lowest BCUT2D eigenvalue weighted by atomic mass is 10.1. The molecule has 0 aromatic heterocycles. The van der Waals surface area contributed by atoms with Crippen molar-refractivity contribution < 1.29 is 33.7 Å². The Hall–Kier alpha value is -2.67. The highest BCUT2D eigenvalue weighted by Crippen LogP contribution is 2.10.